The molecule has 0 aliphatic carbocycles. The lowest BCUT2D eigenvalue weighted by Crippen LogP contribution is -2.43. The van der Waals surface area contributed by atoms with Crippen molar-refractivity contribution in [3.8, 4) is 0 Å². The molecule has 156 valence electrons. The molecule has 4 heterocycles. The Hall–Kier alpha value is -1.57. The average molecular weight is 391 g/mol. The SMILES string of the molecule is c1coc(CCNC(=NCC2CCCO2)N2CCC(CN3CCOCC3)C2)c1. The first-order valence-corrected chi connectivity index (χ1v) is 10.8. The highest BCUT2D eigenvalue weighted by atomic mass is 16.5. The van der Waals surface area contributed by atoms with Gasteiger partial charge in [0.15, 0.2) is 5.96 Å². The molecule has 1 aromatic rings. The van der Waals surface area contributed by atoms with Gasteiger partial charge in [-0.1, -0.05) is 0 Å². The molecule has 0 aromatic carbocycles. The molecule has 7 nitrogen and oxygen atoms in total. The van der Waals surface area contributed by atoms with Crippen molar-refractivity contribution in [3.05, 3.63) is 24.2 Å². The molecular formula is C21H34N4O3. The molecule has 28 heavy (non-hydrogen) atoms. The van der Waals surface area contributed by atoms with Crippen LogP contribution in [0, 0.1) is 5.92 Å². The van der Waals surface area contributed by atoms with Gasteiger partial charge in [0.1, 0.15) is 5.76 Å². The summed E-state index contributed by atoms with van der Waals surface area (Å²) in [6.45, 7) is 9.68. The first-order valence-electron chi connectivity index (χ1n) is 10.8. The van der Waals surface area contributed by atoms with Crippen molar-refractivity contribution >= 4 is 5.96 Å². The van der Waals surface area contributed by atoms with E-state index in [0.29, 0.717) is 5.92 Å². The number of guanidine groups is 1. The smallest absolute Gasteiger partial charge is 0.194 e. The Balaban J connectivity index is 1.30. The maximum Gasteiger partial charge on any atom is 0.194 e. The molecule has 0 saturated carbocycles. The first kappa shape index (κ1) is 19.7. The fourth-order valence-corrected chi connectivity index (χ4v) is 4.32. The molecule has 3 aliphatic heterocycles. The molecule has 4 rings (SSSR count). The summed E-state index contributed by atoms with van der Waals surface area (Å²) in [5, 5.41) is 3.57. The zero-order valence-corrected chi connectivity index (χ0v) is 16.9. The average Bonchev–Trinajstić information content (AvgIpc) is 3.48. The fourth-order valence-electron chi connectivity index (χ4n) is 4.32. The van der Waals surface area contributed by atoms with Crippen LogP contribution < -0.4 is 5.32 Å². The number of furan rings is 1. The third kappa shape index (κ3) is 5.72. The van der Waals surface area contributed by atoms with Gasteiger partial charge in [-0.15, -0.1) is 0 Å². The molecular weight excluding hydrogens is 356 g/mol. The van der Waals surface area contributed by atoms with Gasteiger partial charge in [0.05, 0.1) is 32.1 Å². The minimum atomic E-state index is 0.286. The molecule has 0 bridgehead atoms. The predicted octanol–water partition coefficient (Wildman–Crippen LogP) is 1.60. The summed E-state index contributed by atoms with van der Waals surface area (Å²) in [7, 11) is 0. The van der Waals surface area contributed by atoms with Gasteiger partial charge in [0.25, 0.3) is 0 Å². The Labute approximate surface area is 168 Å². The van der Waals surface area contributed by atoms with E-state index in [1.165, 1.54) is 13.0 Å². The maximum absolute atomic E-state index is 5.76. The Morgan fingerprint density at radius 3 is 2.89 bits per heavy atom. The number of rotatable bonds is 7. The normalized spacial score (nSPS) is 26.9. The van der Waals surface area contributed by atoms with E-state index >= 15 is 0 Å². The zero-order valence-electron chi connectivity index (χ0n) is 16.9. The highest BCUT2D eigenvalue weighted by Crippen LogP contribution is 2.19. The van der Waals surface area contributed by atoms with Gasteiger partial charge in [-0.05, 0) is 37.3 Å². The topological polar surface area (TPSA) is 62.5 Å². The molecule has 0 spiro atoms. The third-order valence-electron chi connectivity index (χ3n) is 5.91. The summed E-state index contributed by atoms with van der Waals surface area (Å²) in [4.78, 5) is 9.91. The van der Waals surface area contributed by atoms with Gasteiger partial charge in [0.2, 0.25) is 0 Å². The van der Waals surface area contributed by atoms with Crippen LogP contribution in [-0.2, 0) is 15.9 Å². The van der Waals surface area contributed by atoms with E-state index in [-0.39, 0.29) is 6.10 Å². The molecule has 2 atom stereocenters. The first-order chi connectivity index (χ1) is 13.9. The van der Waals surface area contributed by atoms with Crippen molar-refractivity contribution in [3.63, 3.8) is 0 Å². The number of nitrogens with zero attached hydrogens (tertiary/aromatic N) is 3. The second-order valence-electron chi connectivity index (χ2n) is 8.07. The highest BCUT2D eigenvalue weighted by molar-refractivity contribution is 5.80. The van der Waals surface area contributed by atoms with Gasteiger partial charge >= 0.3 is 0 Å². The van der Waals surface area contributed by atoms with Crippen molar-refractivity contribution in [1.29, 1.82) is 0 Å². The van der Waals surface area contributed by atoms with Crippen LogP contribution in [0.15, 0.2) is 27.8 Å². The summed E-state index contributed by atoms with van der Waals surface area (Å²) in [5.41, 5.74) is 0. The number of ether oxygens (including phenoxy) is 2. The van der Waals surface area contributed by atoms with Crippen LogP contribution >= 0.6 is 0 Å². The Morgan fingerprint density at radius 2 is 2.11 bits per heavy atom. The molecule has 2 unspecified atom stereocenters. The fraction of sp³-hybridized carbons (Fsp3) is 0.762. The van der Waals surface area contributed by atoms with E-state index in [1.807, 2.05) is 12.1 Å². The number of morpholine rings is 1. The van der Waals surface area contributed by atoms with E-state index in [4.69, 9.17) is 18.9 Å². The monoisotopic (exact) mass is 390 g/mol. The molecule has 3 saturated heterocycles. The lowest BCUT2D eigenvalue weighted by atomic mass is 10.1. The van der Waals surface area contributed by atoms with Crippen LogP contribution in [0.3, 0.4) is 0 Å². The van der Waals surface area contributed by atoms with Crippen molar-refractivity contribution in [2.75, 3.05) is 65.6 Å². The molecule has 7 heteroatoms. The lowest BCUT2D eigenvalue weighted by molar-refractivity contribution is 0.0315. The number of hydrogen-bond donors (Lipinski definition) is 1. The number of likely N-dealkylation sites (tertiary alicyclic amines) is 1. The summed E-state index contributed by atoms with van der Waals surface area (Å²) >= 11 is 0. The summed E-state index contributed by atoms with van der Waals surface area (Å²) in [5.74, 6) is 2.75. The number of nitrogens with one attached hydrogen (secondary N) is 1. The standard InChI is InChI=1S/C21H34N4O3/c1-3-19(27-11-1)5-7-22-21(23-15-20-4-2-12-28-20)25-8-6-18(17-25)16-24-9-13-26-14-10-24/h1,3,11,18,20H,2,4-10,12-17H2,(H,22,23). The van der Waals surface area contributed by atoms with Crippen molar-refractivity contribution in [2.24, 2.45) is 10.9 Å². The van der Waals surface area contributed by atoms with Gasteiger partial charge in [-0.2, -0.15) is 0 Å². The Bertz CT molecular complexity index is 595. The van der Waals surface area contributed by atoms with E-state index < -0.39 is 0 Å². The molecule has 1 aromatic heterocycles. The van der Waals surface area contributed by atoms with Crippen LogP contribution in [0.4, 0.5) is 0 Å². The van der Waals surface area contributed by atoms with Gasteiger partial charge in [-0.25, -0.2) is 0 Å². The molecule has 0 radical (unpaired) electrons. The lowest BCUT2D eigenvalue weighted by Gasteiger charge is -2.29. The van der Waals surface area contributed by atoms with E-state index in [9.17, 15) is 0 Å². The van der Waals surface area contributed by atoms with Crippen LogP contribution in [-0.4, -0.2) is 87.5 Å². The van der Waals surface area contributed by atoms with Gasteiger partial charge < -0.3 is 24.1 Å². The van der Waals surface area contributed by atoms with E-state index in [1.54, 1.807) is 6.26 Å². The second kappa shape index (κ2) is 10.3. The zero-order chi connectivity index (χ0) is 19.0. The minimum absolute atomic E-state index is 0.286. The Kier molecular flexibility index (Phi) is 7.24. The van der Waals surface area contributed by atoms with Gasteiger partial charge in [0, 0.05) is 52.3 Å². The van der Waals surface area contributed by atoms with Crippen LogP contribution in [0.2, 0.25) is 0 Å². The van der Waals surface area contributed by atoms with Crippen LogP contribution in [0.25, 0.3) is 0 Å². The quantitative estimate of drug-likeness (QED) is 0.564. The molecule has 3 aliphatic rings. The van der Waals surface area contributed by atoms with E-state index in [2.05, 4.69) is 15.1 Å². The van der Waals surface area contributed by atoms with Crippen molar-refractivity contribution in [2.45, 2.75) is 31.8 Å². The summed E-state index contributed by atoms with van der Waals surface area (Å²) in [6.07, 6.45) is 6.41. The molecule has 0 amide bonds. The second-order valence-corrected chi connectivity index (χ2v) is 8.07. The number of hydrogen-bond acceptors (Lipinski definition) is 5. The summed E-state index contributed by atoms with van der Waals surface area (Å²) in [6, 6.07) is 3.97. The molecule has 3 fully saturated rings. The van der Waals surface area contributed by atoms with Gasteiger partial charge in [-0.3, -0.25) is 9.89 Å². The van der Waals surface area contributed by atoms with Crippen LogP contribution in [0.5, 0.6) is 0 Å². The van der Waals surface area contributed by atoms with Crippen molar-refractivity contribution < 1.29 is 13.9 Å². The minimum Gasteiger partial charge on any atom is -0.469 e. The van der Waals surface area contributed by atoms with Crippen LogP contribution in [0.1, 0.15) is 25.0 Å². The number of aliphatic imine (C=N–C) groups is 1. The predicted molar refractivity (Wildman–Crippen MR) is 109 cm³/mol. The van der Waals surface area contributed by atoms with Crippen molar-refractivity contribution in [1.82, 2.24) is 15.1 Å². The highest BCUT2D eigenvalue weighted by Gasteiger charge is 2.27. The van der Waals surface area contributed by atoms with E-state index in [0.717, 1.165) is 90.1 Å². The molecule has 1 N–H and O–H groups in total. The Morgan fingerprint density at radius 1 is 1.18 bits per heavy atom. The summed E-state index contributed by atoms with van der Waals surface area (Å²) < 4.78 is 16.7. The maximum atomic E-state index is 5.76. The third-order valence-corrected chi connectivity index (χ3v) is 5.91. The largest absolute Gasteiger partial charge is 0.469 e.